The number of amides is 1. The van der Waals surface area contributed by atoms with Crippen molar-refractivity contribution in [1.29, 1.82) is 0 Å². The molecule has 0 unspecified atom stereocenters. The average Bonchev–Trinajstić information content (AvgIpc) is 3.17. The maximum Gasteiger partial charge on any atom is 0.295 e. The van der Waals surface area contributed by atoms with Crippen LogP contribution < -0.4 is 14.2 Å². The molecule has 2 aromatic rings. The highest BCUT2D eigenvalue weighted by atomic mass is 16.5. The Balaban J connectivity index is 2.12. The Morgan fingerprint density at radius 1 is 1.00 bits per heavy atom. The number of hydrogen-bond acceptors (Lipinski definition) is 7. The van der Waals surface area contributed by atoms with Crippen LogP contribution in [0.5, 0.6) is 17.2 Å². The second kappa shape index (κ2) is 13.5. The van der Waals surface area contributed by atoms with Crippen LogP contribution >= 0.6 is 0 Å². The number of nitrogens with zero attached hydrogens (tertiary/aromatic N) is 2. The molecule has 1 saturated heterocycles. The first kappa shape index (κ1) is 30.0. The minimum Gasteiger partial charge on any atom is -0.507 e. The van der Waals surface area contributed by atoms with Crippen molar-refractivity contribution in [3.63, 3.8) is 0 Å². The molecule has 212 valence electrons. The minimum atomic E-state index is -0.776. The molecule has 1 N–H and O–H groups in total. The fraction of sp³-hybridized carbons (Fsp3) is 0.484. The molecule has 1 fully saturated rings. The smallest absolute Gasteiger partial charge is 0.295 e. The van der Waals surface area contributed by atoms with Gasteiger partial charge in [-0.2, -0.15) is 0 Å². The third-order valence-corrected chi connectivity index (χ3v) is 6.92. The lowest BCUT2D eigenvalue weighted by Crippen LogP contribution is -2.38. The number of carbonyl (C=O) groups is 2. The van der Waals surface area contributed by atoms with E-state index in [-0.39, 0.29) is 11.3 Å². The summed E-state index contributed by atoms with van der Waals surface area (Å²) in [6, 6.07) is 9.87. The summed E-state index contributed by atoms with van der Waals surface area (Å²) in [6.45, 7) is 15.7. The molecule has 3 rings (SSSR count). The highest BCUT2D eigenvalue weighted by molar-refractivity contribution is 6.46. The van der Waals surface area contributed by atoms with Crippen LogP contribution in [0, 0.1) is 12.8 Å². The number of aryl methyl sites for hydroxylation is 1. The summed E-state index contributed by atoms with van der Waals surface area (Å²) >= 11 is 0. The van der Waals surface area contributed by atoms with Crippen molar-refractivity contribution in [3.8, 4) is 17.2 Å². The van der Waals surface area contributed by atoms with Gasteiger partial charge in [-0.15, -0.1) is 0 Å². The molecule has 1 atom stereocenters. The van der Waals surface area contributed by atoms with Crippen molar-refractivity contribution < 1.29 is 28.9 Å². The Morgan fingerprint density at radius 3 is 2.28 bits per heavy atom. The normalized spacial score (nSPS) is 16.8. The number of rotatable bonds is 13. The largest absolute Gasteiger partial charge is 0.507 e. The van der Waals surface area contributed by atoms with E-state index < -0.39 is 17.7 Å². The molecule has 0 spiro atoms. The molecule has 0 radical (unpaired) electrons. The van der Waals surface area contributed by atoms with Crippen molar-refractivity contribution in [2.45, 2.75) is 47.6 Å². The second-order valence-corrected chi connectivity index (χ2v) is 10.0. The fourth-order valence-electron chi connectivity index (χ4n) is 4.75. The Hall–Kier alpha value is -3.52. The number of likely N-dealkylation sites (N-methyl/N-ethyl adjacent to an activating group) is 1. The summed E-state index contributed by atoms with van der Waals surface area (Å²) in [7, 11) is 1.55. The maximum absolute atomic E-state index is 13.4. The van der Waals surface area contributed by atoms with Gasteiger partial charge < -0.3 is 29.1 Å². The van der Waals surface area contributed by atoms with Gasteiger partial charge in [0.2, 0.25) is 0 Å². The van der Waals surface area contributed by atoms with E-state index in [1.165, 1.54) is 0 Å². The van der Waals surface area contributed by atoms with E-state index in [1.54, 1.807) is 42.3 Å². The first-order valence-electron chi connectivity index (χ1n) is 13.7. The lowest BCUT2D eigenvalue weighted by molar-refractivity contribution is -0.140. The monoisotopic (exact) mass is 538 g/mol. The van der Waals surface area contributed by atoms with E-state index in [4.69, 9.17) is 14.2 Å². The molecular weight excluding hydrogens is 496 g/mol. The van der Waals surface area contributed by atoms with Gasteiger partial charge in [-0.05, 0) is 74.3 Å². The first-order chi connectivity index (χ1) is 18.7. The van der Waals surface area contributed by atoms with Crippen molar-refractivity contribution in [1.82, 2.24) is 9.80 Å². The second-order valence-electron chi connectivity index (χ2n) is 10.0. The van der Waals surface area contributed by atoms with Gasteiger partial charge in [0.05, 0.1) is 31.9 Å². The zero-order valence-corrected chi connectivity index (χ0v) is 24.2. The summed E-state index contributed by atoms with van der Waals surface area (Å²) < 4.78 is 17.1. The molecule has 0 bridgehead atoms. The predicted octanol–water partition coefficient (Wildman–Crippen LogP) is 5.20. The van der Waals surface area contributed by atoms with Gasteiger partial charge in [-0.1, -0.05) is 33.8 Å². The highest BCUT2D eigenvalue weighted by Crippen LogP contribution is 2.42. The Bertz CT molecular complexity index is 1200. The minimum absolute atomic E-state index is 0.0565. The SMILES string of the molecule is CCOc1ccc([C@H]2/C(=C(\O)c3ccc(OCC(C)C)c(C)c3)C(=O)C(=O)N2CCN(CC)CC)cc1OC. The van der Waals surface area contributed by atoms with Crippen LogP contribution in [-0.2, 0) is 9.59 Å². The molecular formula is C31H42N2O6. The Kier molecular flexibility index (Phi) is 10.4. The van der Waals surface area contributed by atoms with Gasteiger partial charge in [-0.25, -0.2) is 0 Å². The summed E-state index contributed by atoms with van der Waals surface area (Å²) in [5.74, 6) is 0.596. The summed E-state index contributed by atoms with van der Waals surface area (Å²) in [6.07, 6.45) is 0. The van der Waals surface area contributed by atoms with Gasteiger partial charge in [0.25, 0.3) is 11.7 Å². The fourth-order valence-corrected chi connectivity index (χ4v) is 4.75. The lowest BCUT2D eigenvalue weighted by atomic mass is 9.94. The molecule has 8 heteroatoms. The van der Waals surface area contributed by atoms with Crippen molar-refractivity contribution in [3.05, 3.63) is 58.7 Å². The third kappa shape index (κ3) is 6.74. The highest BCUT2D eigenvalue weighted by Gasteiger charge is 2.46. The number of aliphatic hydroxyl groups is 1. The Morgan fingerprint density at radius 2 is 1.69 bits per heavy atom. The number of ether oxygens (including phenoxy) is 3. The maximum atomic E-state index is 13.4. The summed E-state index contributed by atoms with van der Waals surface area (Å²) in [4.78, 5) is 30.5. The van der Waals surface area contributed by atoms with Crippen molar-refractivity contribution in [2.24, 2.45) is 5.92 Å². The molecule has 1 amide bonds. The van der Waals surface area contributed by atoms with Gasteiger partial charge in [0, 0.05) is 18.7 Å². The number of likely N-dealkylation sites (tertiary alicyclic amines) is 1. The lowest BCUT2D eigenvalue weighted by Gasteiger charge is -2.28. The van der Waals surface area contributed by atoms with Crippen LogP contribution in [0.2, 0.25) is 0 Å². The van der Waals surface area contributed by atoms with E-state index in [0.29, 0.717) is 60.6 Å². The van der Waals surface area contributed by atoms with Crippen LogP contribution in [0.3, 0.4) is 0 Å². The molecule has 8 nitrogen and oxygen atoms in total. The molecule has 39 heavy (non-hydrogen) atoms. The number of benzene rings is 2. The van der Waals surface area contributed by atoms with E-state index in [1.807, 2.05) is 19.9 Å². The zero-order chi connectivity index (χ0) is 28.7. The van der Waals surface area contributed by atoms with E-state index in [0.717, 1.165) is 18.7 Å². The molecule has 1 heterocycles. The summed E-state index contributed by atoms with van der Waals surface area (Å²) in [5.41, 5.74) is 1.99. The van der Waals surface area contributed by atoms with Crippen LogP contribution in [0.1, 0.15) is 57.4 Å². The average molecular weight is 539 g/mol. The Labute approximate surface area is 232 Å². The number of hydrogen-bond donors (Lipinski definition) is 1. The van der Waals surface area contributed by atoms with Gasteiger partial charge >= 0.3 is 0 Å². The molecule has 1 aliphatic rings. The van der Waals surface area contributed by atoms with Gasteiger partial charge in [0.1, 0.15) is 11.5 Å². The standard InChI is InChI=1S/C31H42N2O6/c1-8-32(9-2)15-16-33-28(22-11-14-25(38-10-3)26(18-22)37-7)27(30(35)31(33)36)29(34)23-12-13-24(21(6)17-23)39-19-20(4)5/h11-14,17-18,20,28,34H,8-10,15-16,19H2,1-7H3/b29-27+/t28-/m0/s1. The van der Waals surface area contributed by atoms with Crippen LogP contribution in [0.4, 0.5) is 0 Å². The third-order valence-electron chi connectivity index (χ3n) is 6.92. The molecule has 2 aromatic carbocycles. The quantitative estimate of drug-likeness (QED) is 0.213. The van der Waals surface area contributed by atoms with Gasteiger partial charge in [0.15, 0.2) is 11.5 Å². The zero-order valence-electron chi connectivity index (χ0n) is 24.2. The molecule has 0 aliphatic carbocycles. The number of ketones is 1. The van der Waals surface area contributed by atoms with E-state index in [9.17, 15) is 14.7 Å². The van der Waals surface area contributed by atoms with Crippen molar-refractivity contribution in [2.75, 3.05) is 46.5 Å². The summed E-state index contributed by atoms with van der Waals surface area (Å²) in [5, 5.41) is 11.5. The number of Topliss-reactive ketones (excluding diaryl/α,β-unsaturated/α-hetero) is 1. The first-order valence-corrected chi connectivity index (χ1v) is 13.7. The number of aliphatic hydroxyl groups excluding tert-OH is 1. The number of carbonyl (C=O) groups excluding carboxylic acids is 2. The number of methoxy groups -OCH3 is 1. The van der Waals surface area contributed by atoms with E-state index in [2.05, 4.69) is 32.6 Å². The molecule has 0 saturated carbocycles. The molecule has 0 aromatic heterocycles. The van der Waals surface area contributed by atoms with E-state index >= 15 is 0 Å². The van der Waals surface area contributed by atoms with Crippen molar-refractivity contribution >= 4 is 17.4 Å². The topological polar surface area (TPSA) is 88.5 Å². The van der Waals surface area contributed by atoms with Crippen LogP contribution in [0.25, 0.3) is 5.76 Å². The van der Waals surface area contributed by atoms with Gasteiger partial charge in [-0.3, -0.25) is 9.59 Å². The molecule has 1 aliphatic heterocycles. The predicted molar refractivity (Wildman–Crippen MR) is 152 cm³/mol. The van der Waals surface area contributed by atoms with Crippen LogP contribution in [-0.4, -0.2) is 73.1 Å². The van der Waals surface area contributed by atoms with Crippen LogP contribution in [0.15, 0.2) is 42.0 Å².